The van der Waals surface area contributed by atoms with Crippen molar-refractivity contribution in [1.82, 2.24) is 9.97 Å². The molecule has 0 bridgehead atoms. The fourth-order valence-corrected chi connectivity index (χ4v) is 3.91. The molecule has 2 aromatic carbocycles. The van der Waals surface area contributed by atoms with Gasteiger partial charge in [-0.1, -0.05) is 23.8 Å². The van der Waals surface area contributed by atoms with Crippen molar-refractivity contribution < 1.29 is 8.78 Å². The van der Waals surface area contributed by atoms with E-state index in [1.54, 1.807) is 0 Å². The average Bonchev–Trinajstić information content (AvgIpc) is 3.02. The number of nitrogens with one attached hydrogen (secondary N) is 1. The van der Waals surface area contributed by atoms with Crippen LogP contribution in [0.25, 0.3) is 21.3 Å². The third-order valence-corrected chi connectivity index (χ3v) is 5.11. The summed E-state index contributed by atoms with van der Waals surface area (Å²) in [6, 6.07) is 9.67. The second-order valence-electron chi connectivity index (χ2n) is 6.12. The zero-order valence-corrected chi connectivity index (χ0v) is 15.0. The van der Waals surface area contributed by atoms with Crippen LogP contribution in [-0.4, -0.2) is 9.97 Å². The van der Waals surface area contributed by atoms with Crippen LogP contribution in [0.1, 0.15) is 11.1 Å². The third-order valence-electron chi connectivity index (χ3n) is 4.23. The van der Waals surface area contributed by atoms with Gasteiger partial charge in [0.2, 0.25) is 0 Å². The summed E-state index contributed by atoms with van der Waals surface area (Å²) in [7, 11) is 0. The molecule has 130 valence electrons. The highest BCUT2D eigenvalue weighted by Crippen LogP contribution is 2.39. The predicted octanol–water partition coefficient (Wildman–Crippen LogP) is 6.00. The molecule has 0 spiro atoms. The Bertz CT molecular complexity index is 1120. The smallest absolute Gasteiger partial charge is 0.149 e. The Balaban J connectivity index is 1.87. The molecule has 6 heteroatoms. The Hall–Kier alpha value is -2.86. The van der Waals surface area contributed by atoms with Gasteiger partial charge in [-0.3, -0.25) is 0 Å². The number of fused-ring (bicyclic) bond motifs is 1. The lowest BCUT2D eigenvalue weighted by molar-refractivity contribution is 0.586. The largest absolute Gasteiger partial charge is 0.337 e. The minimum absolute atomic E-state index is 0.171. The summed E-state index contributed by atoms with van der Waals surface area (Å²) in [6.07, 6.45) is 1.44. The van der Waals surface area contributed by atoms with Gasteiger partial charge in [-0.15, -0.1) is 11.3 Å². The Kier molecular flexibility index (Phi) is 4.12. The van der Waals surface area contributed by atoms with Crippen LogP contribution < -0.4 is 5.32 Å². The Morgan fingerprint density at radius 3 is 2.58 bits per heavy atom. The second kappa shape index (κ2) is 6.46. The molecule has 0 aliphatic heterocycles. The zero-order valence-electron chi connectivity index (χ0n) is 14.2. The number of halogens is 2. The number of thiophene rings is 1. The summed E-state index contributed by atoms with van der Waals surface area (Å²) in [5.41, 5.74) is 4.58. The lowest BCUT2D eigenvalue weighted by Crippen LogP contribution is -1.98. The van der Waals surface area contributed by atoms with E-state index in [1.807, 2.05) is 5.38 Å². The summed E-state index contributed by atoms with van der Waals surface area (Å²) in [5.74, 6) is -0.788. The van der Waals surface area contributed by atoms with Crippen LogP contribution in [0.15, 0.2) is 48.1 Å². The van der Waals surface area contributed by atoms with Crippen LogP contribution in [0.3, 0.4) is 0 Å². The van der Waals surface area contributed by atoms with E-state index in [4.69, 9.17) is 0 Å². The Morgan fingerprint density at radius 1 is 0.962 bits per heavy atom. The number of aryl methyl sites for hydroxylation is 2. The fraction of sp³-hybridized carbons (Fsp3) is 0.100. The van der Waals surface area contributed by atoms with Crippen molar-refractivity contribution in [3.8, 4) is 11.1 Å². The minimum atomic E-state index is -0.667. The molecule has 26 heavy (non-hydrogen) atoms. The Labute approximate surface area is 153 Å². The third kappa shape index (κ3) is 2.93. The SMILES string of the molecule is Cc1ccc(-c2csc3ncnc(Nc4ccc(F)cc4F)c23)c(C)c1. The predicted molar refractivity (Wildman–Crippen MR) is 102 cm³/mol. The first-order chi connectivity index (χ1) is 12.5. The number of nitrogens with zero attached hydrogens (tertiary/aromatic N) is 2. The number of hydrogen-bond donors (Lipinski definition) is 1. The molecule has 2 heterocycles. The van der Waals surface area contributed by atoms with Gasteiger partial charge in [0.25, 0.3) is 0 Å². The highest BCUT2D eigenvalue weighted by atomic mass is 32.1. The molecule has 4 aromatic rings. The standard InChI is InChI=1S/C20H15F2N3S/c1-11-3-5-14(12(2)7-11)15-9-26-20-18(15)19(23-10-24-20)25-17-6-4-13(21)8-16(17)22/h3-10H,1-2H3,(H,23,24,25). The van der Waals surface area contributed by atoms with Crippen LogP contribution in [0.2, 0.25) is 0 Å². The van der Waals surface area contributed by atoms with Gasteiger partial charge in [0.15, 0.2) is 0 Å². The number of anilines is 2. The summed E-state index contributed by atoms with van der Waals surface area (Å²) >= 11 is 1.51. The van der Waals surface area contributed by atoms with Crippen LogP contribution >= 0.6 is 11.3 Å². The lowest BCUT2D eigenvalue weighted by atomic mass is 9.99. The van der Waals surface area contributed by atoms with Gasteiger partial charge in [-0.25, -0.2) is 18.7 Å². The van der Waals surface area contributed by atoms with Crippen molar-refractivity contribution >= 4 is 33.1 Å². The highest BCUT2D eigenvalue weighted by molar-refractivity contribution is 7.17. The summed E-state index contributed by atoms with van der Waals surface area (Å²) in [4.78, 5) is 9.43. The van der Waals surface area contributed by atoms with Crippen molar-refractivity contribution in [2.45, 2.75) is 13.8 Å². The Morgan fingerprint density at radius 2 is 1.81 bits per heavy atom. The number of benzene rings is 2. The van der Waals surface area contributed by atoms with E-state index in [1.165, 1.54) is 35.4 Å². The van der Waals surface area contributed by atoms with Gasteiger partial charge < -0.3 is 5.32 Å². The number of hydrogen-bond acceptors (Lipinski definition) is 4. The molecule has 0 amide bonds. The van der Waals surface area contributed by atoms with Crippen LogP contribution in [0.4, 0.5) is 20.3 Å². The van der Waals surface area contributed by atoms with Gasteiger partial charge in [-0.05, 0) is 37.1 Å². The number of rotatable bonds is 3. The molecule has 0 saturated heterocycles. The maximum atomic E-state index is 14.1. The first kappa shape index (κ1) is 16.6. The van der Waals surface area contributed by atoms with Crippen molar-refractivity contribution in [3.05, 3.63) is 70.9 Å². The van der Waals surface area contributed by atoms with Crippen molar-refractivity contribution in [1.29, 1.82) is 0 Å². The molecule has 0 fully saturated rings. The molecule has 0 aliphatic carbocycles. The van der Waals surface area contributed by atoms with Gasteiger partial charge in [-0.2, -0.15) is 0 Å². The van der Waals surface area contributed by atoms with E-state index in [-0.39, 0.29) is 5.69 Å². The molecular formula is C20H15F2N3S. The maximum absolute atomic E-state index is 14.1. The maximum Gasteiger partial charge on any atom is 0.149 e. The van der Waals surface area contributed by atoms with Crippen LogP contribution in [0.5, 0.6) is 0 Å². The van der Waals surface area contributed by atoms with Gasteiger partial charge in [0, 0.05) is 17.0 Å². The van der Waals surface area contributed by atoms with E-state index in [0.29, 0.717) is 5.82 Å². The first-order valence-electron chi connectivity index (χ1n) is 8.05. The van der Waals surface area contributed by atoms with E-state index >= 15 is 0 Å². The van der Waals surface area contributed by atoms with Crippen molar-refractivity contribution in [2.24, 2.45) is 0 Å². The van der Waals surface area contributed by atoms with E-state index in [9.17, 15) is 8.78 Å². The summed E-state index contributed by atoms with van der Waals surface area (Å²) in [5, 5.41) is 5.84. The molecule has 0 aliphatic rings. The van der Waals surface area contributed by atoms with Gasteiger partial charge in [0.05, 0.1) is 11.1 Å². The van der Waals surface area contributed by atoms with E-state index in [0.717, 1.165) is 33.0 Å². The second-order valence-corrected chi connectivity index (χ2v) is 6.98. The molecule has 0 atom stereocenters. The quantitative estimate of drug-likeness (QED) is 0.483. The molecule has 4 rings (SSSR count). The van der Waals surface area contributed by atoms with Crippen LogP contribution in [-0.2, 0) is 0 Å². The molecule has 3 nitrogen and oxygen atoms in total. The normalized spacial score (nSPS) is 11.1. The molecule has 0 saturated carbocycles. The summed E-state index contributed by atoms with van der Waals surface area (Å²) in [6.45, 7) is 4.11. The lowest BCUT2D eigenvalue weighted by Gasteiger charge is -2.11. The highest BCUT2D eigenvalue weighted by Gasteiger charge is 2.16. The molecule has 2 aromatic heterocycles. The topological polar surface area (TPSA) is 37.8 Å². The molecular weight excluding hydrogens is 352 g/mol. The fourth-order valence-electron chi connectivity index (χ4n) is 3.00. The van der Waals surface area contributed by atoms with E-state index < -0.39 is 11.6 Å². The summed E-state index contributed by atoms with van der Waals surface area (Å²) < 4.78 is 27.2. The minimum Gasteiger partial charge on any atom is -0.337 e. The molecule has 0 radical (unpaired) electrons. The zero-order chi connectivity index (χ0) is 18.3. The van der Waals surface area contributed by atoms with Crippen molar-refractivity contribution in [2.75, 3.05) is 5.32 Å². The van der Waals surface area contributed by atoms with Gasteiger partial charge in [0.1, 0.15) is 28.6 Å². The van der Waals surface area contributed by atoms with Crippen LogP contribution in [0, 0.1) is 25.5 Å². The average molecular weight is 367 g/mol. The number of aromatic nitrogens is 2. The molecule has 1 N–H and O–H groups in total. The van der Waals surface area contributed by atoms with Crippen molar-refractivity contribution in [3.63, 3.8) is 0 Å². The van der Waals surface area contributed by atoms with Gasteiger partial charge >= 0.3 is 0 Å². The monoisotopic (exact) mass is 367 g/mol. The molecule has 0 unspecified atom stereocenters. The van der Waals surface area contributed by atoms with E-state index in [2.05, 4.69) is 47.3 Å². The first-order valence-corrected chi connectivity index (χ1v) is 8.93.